The average molecular weight is 611 g/mol. The maximum Gasteiger partial charge on any atom is 0.384 e. The zero-order chi connectivity index (χ0) is 31.0. The number of carbonyl (C=O) groups excluding carboxylic acids is 2. The average Bonchev–Trinajstić information content (AvgIpc) is 2.99. The summed E-state index contributed by atoms with van der Waals surface area (Å²) >= 11 is 0. The number of aliphatic hydroxyl groups excluding tert-OH is 1. The van der Waals surface area contributed by atoms with E-state index in [2.05, 4.69) is 0 Å². The highest BCUT2D eigenvalue weighted by Crippen LogP contribution is 2.41. The molecule has 230 valence electrons. The summed E-state index contributed by atoms with van der Waals surface area (Å²) in [7, 11) is -1.28. The predicted molar refractivity (Wildman–Crippen MR) is 162 cm³/mol. The number of rotatable bonds is 14. The number of hydrogen-bond acceptors (Lipinski definition) is 9. The minimum Gasteiger partial charge on any atom is -0.491 e. The molecule has 1 aliphatic heterocycles. The van der Waals surface area contributed by atoms with Gasteiger partial charge in [-0.05, 0) is 54.7 Å². The second-order valence-corrected chi connectivity index (χ2v) is 12.3. The Balaban J connectivity index is 1.65. The number of aryl methyl sites for hydroxylation is 1. The molecule has 0 spiro atoms. The molecule has 0 radical (unpaired) electrons. The lowest BCUT2D eigenvalue weighted by Crippen LogP contribution is -2.56. The number of carbonyl (C=O) groups is 2. The van der Waals surface area contributed by atoms with Crippen molar-refractivity contribution in [2.45, 2.75) is 44.2 Å². The minimum atomic E-state index is -4.00. The molecular weight excluding hydrogens is 572 g/mol. The van der Waals surface area contributed by atoms with Crippen molar-refractivity contribution < 1.29 is 36.8 Å². The molecule has 0 aromatic heterocycles. The number of ether oxygens (including phenoxy) is 2. The monoisotopic (exact) mass is 610 g/mol. The van der Waals surface area contributed by atoms with Gasteiger partial charge in [0.1, 0.15) is 23.7 Å². The van der Waals surface area contributed by atoms with Gasteiger partial charge in [0.15, 0.2) is 11.8 Å². The lowest BCUT2D eigenvalue weighted by molar-refractivity contribution is -0.175. The topological polar surface area (TPSA) is 123 Å². The molecule has 1 aliphatic rings. The molecule has 0 saturated carbocycles. The first-order valence-corrected chi connectivity index (χ1v) is 15.6. The molecule has 1 N–H and O–H groups in total. The number of cyclic esters (lactones) is 1. The van der Waals surface area contributed by atoms with Crippen LogP contribution in [0.2, 0.25) is 0 Å². The summed E-state index contributed by atoms with van der Waals surface area (Å²) in [4.78, 5) is 29.5. The van der Waals surface area contributed by atoms with Crippen LogP contribution in [0.5, 0.6) is 11.5 Å². The van der Waals surface area contributed by atoms with E-state index >= 15 is 0 Å². The number of Topliss-reactive ketones (excluding diaryl/α,β-unsaturated/α-hetero) is 1. The van der Waals surface area contributed by atoms with Gasteiger partial charge >= 0.3 is 16.3 Å². The van der Waals surface area contributed by atoms with Gasteiger partial charge in [0.25, 0.3) is 0 Å². The maximum absolute atomic E-state index is 14.0. The zero-order valence-corrected chi connectivity index (χ0v) is 25.5. The van der Waals surface area contributed by atoms with Crippen molar-refractivity contribution in [3.8, 4) is 11.5 Å². The largest absolute Gasteiger partial charge is 0.491 e. The van der Waals surface area contributed by atoms with Crippen LogP contribution in [0.25, 0.3) is 0 Å². The first kappa shape index (κ1) is 32.0. The van der Waals surface area contributed by atoms with E-state index in [0.29, 0.717) is 42.8 Å². The highest BCUT2D eigenvalue weighted by Gasteiger charge is 2.50. The second-order valence-electron chi connectivity index (χ2n) is 10.6. The maximum atomic E-state index is 14.0. The fourth-order valence-electron chi connectivity index (χ4n) is 5.11. The normalized spacial score (nSPS) is 18.8. The van der Waals surface area contributed by atoms with E-state index in [-0.39, 0.29) is 31.2 Å². The molecule has 43 heavy (non-hydrogen) atoms. The van der Waals surface area contributed by atoms with Crippen LogP contribution >= 0.6 is 0 Å². The van der Waals surface area contributed by atoms with Crippen molar-refractivity contribution in [3.63, 3.8) is 0 Å². The Morgan fingerprint density at radius 1 is 0.977 bits per heavy atom. The van der Waals surface area contributed by atoms with Gasteiger partial charge in [-0.15, -0.1) is 0 Å². The second kappa shape index (κ2) is 14.0. The summed E-state index contributed by atoms with van der Waals surface area (Å²) < 4.78 is 42.5. The molecule has 1 heterocycles. The number of esters is 1. The van der Waals surface area contributed by atoms with Crippen molar-refractivity contribution in [1.82, 2.24) is 4.31 Å². The number of ketones is 1. The Bertz CT molecular complexity index is 1480. The lowest BCUT2D eigenvalue weighted by atomic mass is 9.79. The number of nitrogens with zero attached hydrogens (tertiary/aromatic N) is 2. The number of hydrogen-bond donors (Lipinski definition) is 1. The Hall–Kier alpha value is -3.93. The van der Waals surface area contributed by atoms with E-state index < -0.39 is 27.9 Å². The number of aliphatic hydroxyl groups is 1. The van der Waals surface area contributed by atoms with Crippen molar-refractivity contribution in [2.24, 2.45) is 0 Å². The summed E-state index contributed by atoms with van der Waals surface area (Å²) in [5, 5.41) is 9.08. The van der Waals surface area contributed by atoms with Gasteiger partial charge in [-0.25, -0.2) is 4.79 Å². The summed E-state index contributed by atoms with van der Waals surface area (Å²) in [6.07, 6.45) is 1.54. The van der Waals surface area contributed by atoms with Gasteiger partial charge in [0, 0.05) is 32.4 Å². The number of anilines is 1. The Labute approximate surface area is 253 Å². The molecule has 3 aromatic carbocycles. The SMILES string of the molecule is CCCN(c1cccc(OS(=O)(=O)N(C)C)c1)C1C(=O)CC(CCc2ccccc2)(c2ccc(OCCO)cc2)OC1=O. The standard InChI is InChI=1S/C32H38N2O8S/c1-4-19-34(26-11-8-12-28(22-26)42-43(38,39)33(2)3)30-29(36)23-32(41-31(30)37,18-17-24-9-6-5-7-10-24)25-13-15-27(16-14-25)40-21-20-35/h5-16,22,30,35H,4,17-21,23H2,1-3H3. The van der Waals surface area contributed by atoms with E-state index in [1.165, 1.54) is 26.2 Å². The van der Waals surface area contributed by atoms with E-state index in [0.717, 1.165) is 9.87 Å². The Morgan fingerprint density at radius 3 is 2.33 bits per heavy atom. The molecule has 4 rings (SSSR count). The van der Waals surface area contributed by atoms with Gasteiger partial charge in [0.05, 0.1) is 13.0 Å². The highest BCUT2D eigenvalue weighted by atomic mass is 32.2. The smallest absolute Gasteiger partial charge is 0.384 e. The van der Waals surface area contributed by atoms with E-state index in [1.807, 2.05) is 37.3 Å². The van der Waals surface area contributed by atoms with Crippen LogP contribution in [0.3, 0.4) is 0 Å². The Kier molecular flexibility index (Phi) is 10.4. The molecule has 2 unspecified atom stereocenters. The van der Waals surface area contributed by atoms with Crippen molar-refractivity contribution in [2.75, 3.05) is 38.8 Å². The van der Waals surface area contributed by atoms with Crippen LogP contribution in [0, 0.1) is 0 Å². The summed E-state index contributed by atoms with van der Waals surface area (Å²) in [5.41, 5.74) is 0.989. The predicted octanol–water partition coefficient (Wildman–Crippen LogP) is 3.87. The van der Waals surface area contributed by atoms with Crippen LogP contribution in [0.15, 0.2) is 78.9 Å². The van der Waals surface area contributed by atoms with Gasteiger partial charge in [-0.3, -0.25) is 4.79 Å². The molecule has 0 aliphatic carbocycles. The number of benzene rings is 3. The van der Waals surface area contributed by atoms with Crippen LogP contribution in [0.1, 0.15) is 37.3 Å². The van der Waals surface area contributed by atoms with Crippen molar-refractivity contribution in [1.29, 1.82) is 0 Å². The Morgan fingerprint density at radius 2 is 1.70 bits per heavy atom. The first-order valence-electron chi connectivity index (χ1n) is 14.2. The molecule has 10 nitrogen and oxygen atoms in total. The van der Waals surface area contributed by atoms with E-state index in [4.69, 9.17) is 18.8 Å². The summed E-state index contributed by atoms with van der Waals surface area (Å²) in [6, 6.07) is 21.9. The van der Waals surface area contributed by atoms with Crippen LogP contribution in [0.4, 0.5) is 5.69 Å². The van der Waals surface area contributed by atoms with Crippen molar-refractivity contribution in [3.05, 3.63) is 90.0 Å². The van der Waals surface area contributed by atoms with Gasteiger partial charge in [0.2, 0.25) is 0 Å². The molecule has 2 atom stereocenters. The highest BCUT2D eigenvalue weighted by molar-refractivity contribution is 7.84. The fraction of sp³-hybridized carbons (Fsp3) is 0.375. The van der Waals surface area contributed by atoms with Gasteiger partial charge in [-0.1, -0.05) is 55.5 Å². The quantitative estimate of drug-likeness (QED) is 0.214. The van der Waals surface area contributed by atoms with Gasteiger partial charge in [-0.2, -0.15) is 12.7 Å². The molecule has 1 fully saturated rings. The third-order valence-corrected chi connectivity index (χ3v) is 8.56. The molecule has 0 bridgehead atoms. The molecule has 1 saturated heterocycles. The summed E-state index contributed by atoms with van der Waals surface area (Å²) in [5.74, 6) is -0.365. The summed E-state index contributed by atoms with van der Waals surface area (Å²) in [6.45, 7) is 2.30. The minimum absolute atomic E-state index is 0.0432. The van der Waals surface area contributed by atoms with E-state index in [9.17, 15) is 18.0 Å². The molecule has 0 amide bonds. The molecule has 11 heteroatoms. The molecule has 3 aromatic rings. The third-order valence-electron chi connectivity index (χ3n) is 7.26. The van der Waals surface area contributed by atoms with Crippen molar-refractivity contribution >= 4 is 27.7 Å². The van der Waals surface area contributed by atoms with Crippen LogP contribution < -0.4 is 13.8 Å². The lowest BCUT2D eigenvalue weighted by Gasteiger charge is -2.42. The zero-order valence-electron chi connectivity index (χ0n) is 24.6. The molecular formula is C32H38N2O8S. The fourth-order valence-corrected chi connectivity index (χ4v) is 5.60. The first-order chi connectivity index (χ1) is 20.6. The van der Waals surface area contributed by atoms with Crippen LogP contribution in [-0.2, 0) is 36.7 Å². The van der Waals surface area contributed by atoms with Crippen LogP contribution in [-0.4, -0.2) is 69.5 Å². The van der Waals surface area contributed by atoms with E-state index in [1.54, 1.807) is 41.3 Å². The third kappa shape index (κ3) is 7.73. The van der Waals surface area contributed by atoms with Gasteiger partial charge < -0.3 is 23.7 Å².